The summed E-state index contributed by atoms with van der Waals surface area (Å²) in [5.41, 5.74) is 0. The fourth-order valence-electron chi connectivity index (χ4n) is 3.29. The summed E-state index contributed by atoms with van der Waals surface area (Å²) < 4.78 is 17.4. The minimum Gasteiger partial charge on any atom is -0.373 e. The predicted molar refractivity (Wildman–Crippen MR) is 74.6 cm³/mol. The molecule has 0 aromatic carbocycles. The van der Waals surface area contributed by atoms with Crippen molar-refractivity contribution < 1.29 is 14.2 Å². The van der Waals surface area contributed by atoms with Crippen LogP contribution < -0.4 is 0 Å². The van der Waals surface area contributed by atoms with Gasteiger partial charge in [0.25, 0.3) is 0 Å². The van der Waals surface area contributed by atoms with Gasteiger partial charge in [-0.3, -0.25) is 0 Å². The van der Waals surface area contributed by atoms with E-state index in [-0.39, 0.29) is 18.5 Å². The Kier molecular flexibility index (Phi) is 4.70. The van der Waals surface area contributed by atoms with Crippen LogP contribution >= 0.6 is 23.2 Å². The molecule has 1 saturated heterocycles. The van der Waals surface area contributed by atoms with Gasteiger partial charge in [0.2, 0.25) is 0 Å². The van der Waals surface area contributed by atoms with Crippen molar-refractivity contribution in [2.45, 2.75) is 31.3 Å². The zero-order valence-corrected chi connectivity index (χ0v) is 12.4. The fraction of sp³-hybridized carbons (Fsp3) is 0.857. The lowest BCUT2D eigenvalue weighted by molar-refractivity contribution is -0.113. The zero-order chi connectivity index (χ0) is 13.2. The lowest BCUT2D eigenvalue weighted by Crippen LogP contribution is -2.28. The molecule has 3 rings (SSSR count). The molecule has 5 heteroatoms. The van der Waals surface area contributed by atoms with Gasteiger partial charge in [0.15, 0.2) is 6.29 Å². The summed E-state index contributed by atoms with van der Waals surface area (Å²) in [5, 5.41) is 0. The van der Waals surface area contributed by atoms with Crippen molar-refractivity contribution in [3.05, 3.63) is 12.2 Å². The van der Waals surface area contributed by atoms with Crippen LogP contribution in [0.3, 0.4) is 0 Å². The molecule has 0 unspecified atom stereocenters. The van der Waals surface area contributed by atoms with Crippen LogP contribution in [0.25, 0.3) is 0 Å². The first kappa shape index (κ1) is 14.2. The van der Waals surface area contributed by atoms with E-state index < -0.39 is 0 Å². The number of allylic oxidation sites excluding steroid dienone is 2. The Bertz CT molecular complexity index is 333. The van der Waals surface area contributed by atoms with Crippen molar-refractivity contribution >= 4 is 23.2 Å². The van der Waals surface area contributed by atoms with Crippen molar-refractivity contribution in [1.29, 1.82) is 0 Å². The second-order valence-electron chi connectivity index (χ2n) is 5.67. The predicted octanol–water partition coefficient (Wildman–Crippen LogP) is 2.80. The minimum absolute atomic E-state index is 0.0158. The van der Waals surface area contributed by atoms with E-state index in [9.17, 15) is 0 Å². The second-order valence-corrected chi connectivity index (χ2v) is 6.29. The van der Waals surface area contributed by atoms with Gasteiger partial charge in [-0.1, -0.05) is 12.2 Å². The van der Waals surface area contributed by atoms with Crippen LogP contribution in [0.4, 0.5) is 0 Å². The Morgan fingerprint density at radius 3 is 2.68 bits per heavy atom. The monoisotopic (exact) mass is 306 g/mol. The largest absolute Gasteiger partial charge is 0.373 e. The highest BCUT2D eigenvalue weighted by molar-refractivity contribution is 6.21. The number of halogens is 2. The third kappa shape index (κ3) is 3.11. The van der Waals surface area contributed by atoms with E-state index in [1.807, 2.05) is 0 Å². The average Bonchev–Trinajstić information content (AvgIpc) is 3.15. The van der Waals surface area contributed by atoms with E-state index in [4.69, 9.17) is 37.4 Å². The zero-order valence-electron chi connectivity index (χ0n) is 10.8. The van der Waals surface area contributed by atoms with E-state index in [0.29, 0.717) is 36.8 Å². The van der Waals surface area contributed by atoms with Gasteiger partial charge in [-0.2, -0.15) is 0 Å². The lowest BCUT2D eigenvalue weighted by atomic mass is 9.93. The number of fused-ring (bicyclic) bond motifs is 2. The van der Waals surface area contributed by atoms with Crippen LogP contribution in [0.1, 0.15) is 12.8 Å². The van der Waals surface area contributed by atoms with Gasteiger partial charge in [0, 0.05) is 17.7 Å². The van der Waals surface area contributed by atoms with Crippen LogP contribution in [0, 0.1) is 17.8 Å². The van der Waals surface area contributed by atoms with Gasteiger partial charge in [-0.25, -0.2) is 0 Å². The SMILES string of the molecule is ClCC(CCl)OC[C@@H]1CO[C@H]([C@H]2C[C@H]3C=C[C@H]2C3)O1. The molecule has 3 aliphatic rings. The van der Waals surface area contributed by atoms with Crippen molar-refractivity contribution in [3.63, 3.8) is 0 Å². The Hall–Kier alpha value is 0.200. The Labute approximate surface area is 124 Å². The molecule has 0 amide bonds. The Morgan fingerprint density at radius 2 is 2.05 bits per heavy atom. The average molecular weight is 307 g/mol. The minimum atomic E-state index is -0.101. The second kappa shape index (κ2) is 6.31. The van der Waals surface area contributed by atoms with Crippen molar-refractivity contribution in [2.75, 3.05) is 25.0 Å². The summed E-state index contributed by atoms with van der Waals surface area (Å²) >= 11 is 11.5. The van der Waals surface area contributed by atoms with Crippen LogP contribution in [0.5, 0.6) is 0 Å². The molecule has 0 N–H and O–H groups in total. The standard InChI is InChI=1S/C14H20Cl2O3/c15-5-11(6-16)17-7-12-8-18-14(19-12)13-4-9-1-2-10(13)3-9/h1-2,9-14H,3-8H2/t9-,10-,12+,13-,14-/m0/s1. The van der Waals surface area contributed by atoms with Crippen LogP contribution in [0.2, 0.25) is 0 Å². The van der Waals surface area contributed by atoms with E-state index in [1.165, 1.54) is 12.8 Å². The van der Waals surface area contributed by atoms with Gasteiger partial charge < -0.3 is 14.2 Å². The number of hydrogen-bond donors (Lipinski definition) is 0. The maximum Gasteiger partial charge on any atom is 0.161 e. The first-order valence-corrected chi connectivity index (χ1v) is 8.06. The van der Waals surface area contributed by atoms with E-state index in [2.05, 4.69) is 12.2 Å². The van der Waals surface area contributed by atoms with Gasteiger partial charge in [-0.05, 0) is 24.7 Å². The molecule has 5 atom stereocenters. The molecule has 19 heavy (non-hydrogen) atoms. The Morgan fingerprint density at radius 1 is 1.21 bits per heavy atom. The van der Waals surface area contributed by atoms with Crippen LogP contribution in [-0.4, -0.2) is 43.5 Å². The molecule has 1 heterocycles. The molecule has 108 valence electrons. The maximum atomic E-state index is 5.97. The molecule has 0 aromatic heterocycles. The highest BCUT2D eigenvalue weighted by Crippen LogP contribution is 2.46. The number of alkyl halides is 2. The molecular weight excluding hydrogens is 287 g/mol. The van der Waals surface area contributed by atoms with Crippen LogP contribution in [-0.2, 0) is 14.2 Å². The number of rotatable bonds is 6. The summed E-state index contributed by atoms with van der Waals surface area (Å²) in [5.74, 6) is 2.74. The smallest absolute Gasteiger partial charge is 0.161 e. The highest BCUT2D eigenvalue weighted by Gasteiger charge is 2.44. The molecule has 2 fully saturated rings. The van der Waals surface area contributed by atoms with Gasteiger partial charge in [0.05, 0.1) is 19.3 Å². The molecule has 0 spiro atoms. The third-order valence-corrected chi connectivity index (χ3v) is 5.00. The van der Waals surface area contributed by atoms with Gasteiger partial charge in [-0.15, -0.1) is 23.2 Å². The summed E-state index contributed by atoms with van der Waals surface area (Å²) in [4.78, 5) is 0. The first-order chi connectivity index (χ1) is 9.30. The molecule has 2 aliphatic carbocycles. The summed E-state index contributed by atoms with van der Waals surface area (Å²) in [6, 6.07) is 0. The maximum absolute atomic E-state index is 5.97. The summed E-state index contributed by atoms with van der Waals surface area (Å²) in [7, 11) is 0. The quantitative estimate of drug-likeness (QED) is 0.558. The van der Waals surface area contributed by atoms with E-state index in [1.54, 1.807) is 0 Å². The molecule has 1 aliphatic heterocycles. The topological polar surface area (TPSA) is 27.7 Å². The first-order valence-electron chi connectivity index (χ1n) is 6.99. The fourth-order valence-corrected chi connectivity index (χ4v) is 3.80. The van der Waals surface area contributed by atoms with Gasteiger partial charge in [0.1, 0.15) is 6.10 Å². The molecule has 3 nitrogen and oxygen atoms in total. The summed E-state index contributed by atoms with van der Waals surface area (Å²) in [6.45, 7) is 1.12. The Balaban J connectivity index is 1.44. The highest BCUT2D eigenvalue weighted by atomic mass is 35.5. The normalized spacial score (nSPS) is 40.7. The van der Waals surface area contributed by atoms with Crippen molar-refractivity contribution in [3.8, 4) is 0 Å². The van der Waals surface area contributed by atoms with Gasteiger partial charge >= 0.3 is 0 Å². The molecule has 0 aromatic rings. The van der Waals surface area contributed by atoms with E-state index >= 15 is 0 Å². The molecule has 0 radical (unpaired) electrons. The van der Waals surface area contributed by atoms with E-state index in [0.717, 1.165) is 5.92 Å². The number of ether oxygens (including phenoxy) is 3. The lowest BCUT2D eigenvalue weighted by Gasteiger charge is -2.24. The summed E-state index contributed by atoms with van der Waals surface area (Å²) in [6.07, 6.45) is 6.99. The van der Waals surface area contributed by atoms with Crippen molar-refractivity contribution in [1.82, 2.24) is 0 Å². The van der Waals surface area contributed by atoms with Crippen LogP contribution in [0.15, 0.2) is 12.2 Å². The van der Waals surface area contributed by atoms with Crippen molar-refractivity contribution in [2.24, 2.45) is 17.8 Å². The molecular formula is C14H20Cl2O3. The molecule has 2 bridgehead atoms. The number of hydrogen-bond acceptors (Lipinski definition) is 3. The third-order valence-electron chi connectivity index (χ3n) is 4.31. The molecule has 1 saturated carbocycles.